The van der Waals surface area contributed by atoms with E-state index in [-0.39, 0.29) is 0 Å². The highest BCUT2D eigenvalue weighted by molar-refractivity contribution is 7.13. The zero-order chi connectivity index (χ0) is 18.8. The third kappa shape index (κ3) is 3.28. The number of rotatable bonds is 6. The number of para-hydroxylation sites is 1. The highest BCUT2D eigenvalue weighted by atomic mass is 32.1. The number of aryl methyl sites for hydroxylation is 1. The van der Waals surface area contributed by atoms with Gasteiger partial charge in [0.05, 0.1) is 12.0 Å². The molecule has 3 heterocycles. The van der Waals surface area contributed by atoms with Crippen LogP contribution in [0.1, 0.15) is 23.7 Å². The molecule has 27 heavy (non-hydrogen) atoms. The molecular weight excluding hydrogens is 356 g/mol. The molecule has 1 aromatic carbocycles. The molecule has 1 N–H and O–H groups in total. The lowest BCUT2D eigenvalue weighted by molar-refractivity contribution is 0.410. The Morgan fingerprint density at radius 1 is 1.19 bits per heavy atom. The van der Waals surface area contributed by atoms with Crippen LogP contribution < -0.4 is 10.1 Å². The molecule has 0 atom stereocenters. The summed E-state index contributed by atoms with van der Waals surface area (Å²) in [4.78, 5) is 5.91. The molecule has 0 radical (unpaired) electrons. The summed E-state index contributed by atoms with van der Waals surface area (Å²) in [6, 6.07) is 14.2. The van der Waals surface area contributed by atoms with Gasteiger partial charge in [0.2, 0.25) is 0 Å². The average molecular weight is 379 g/mol. The van der Waals surface area contributed by atoms with Crippen molar-refractivity contribution in [3.05, 3.63) is 64.7 Å². The Kier molecular flexibility index (Phi) is 4.81. The number of fused-ring (bicyclic) bond motifs is 1. The van der Waals surface area contributed by atoms with E-state index in [1.807, 2.05) is 34.8 Å². The lowest BCUT2D eigenvalue weighted by Gasteiger charge is -2.16. The van der Waals surface area contributed by atoms with Crippen LogP contribution in [0.25, 0.3) is 16.2 Å². The van der Waals surface area contributed by atoms with Crippen LogP contribution in [-0.4, -0.2) is 21.7 Å². The van der Waals surface area contributed by atoms with Crippen molar-refractivity contribution >= 4 is 22.8 Å². The van der Waals surface area contributed by atoms with Crippen molar-refractivity contribution in [2.45, 2.75) is 26.8 Å². The predicted octanol–water partition coefficient (Wildman–Crippen LogP) is 4.95. The minimum absolute atomic E-state index is 0.657. The van der Waals surface area contributed by atoms with Gasteiger partial charge in [-0.1, -0.05) is 31.2 Å². The van der Waals surface area contributed by atoms with E-state index in [1.54, 1.807) is 18.4 Å². The van der Waals surface area contributed by atoms with Gasteiger partial charge in [0, 0.05) is 29.4 Å². The molecule has 0 saturated carbocycles. The Morgan fingerprint density at radius 3 is 2.78 bits per heavy atom. The average Bonchev–Trinajstić information content (AvgIpc) is 3.35. The van der Waals surface area contributed by atoms with Crippen molar-refractivity contribution in [1.29, 1.82) is 0 Å². The summed E-state index contributed by atoms with van der Waals surface area (Å²) in [6.45, 7) is 4.86. The van der Waals surface area contributed by atoms with Crippen molar-refractivity contribution in [3.8, 4) is 16.3 Å². The Hall–Kier alpha value is -2.86. The third-order valence-electron chi connectivity index (χ3n) is 4.67. The van der Waals surface area contributed by atoms with Crippen LogP contribution in [-0.2, 0) is 13.0 Å². The van der Waals surface area contributed by atoms with Crippen LogP contribution in [0.2, 0.25) is 0 Å². The second-order valence-electron chi connectivity index (χ2n) is 6.32. The number of nitrogens with zero attached hydrogens (tertiary/aromatic N) is 3. The molecule has 4 rings (SSSR count). The maximum Gasteiger partial charge on any atom is 0.158 e. The van der Waals surface area contributed by atoms with Gasteiger partial charge in [-0.05, 0) is 30.9 Å². The molecule has 0 unspecified atom stereocenters. The first-order chi connectivity index (χ1) is 13.2. The molecular formula is C21H22N4OS. The first-order valence-electron chi connectivity index (χ1n) is 9.00. The summed E-state index contributed by atoms with van der Waals surface area (Å²) in [6.07, 6.45) is 0.886. The number of benzene rings is 1. The quantitative estimate of drug-likeness (QED) is 0.516. The number of thiophene rings is 1. The van der Waals surface area contributed by atoms with Gasteiger partial charge in [-0.2, -0.15) is 9.61 Å². The van der Waals surface area contributed by atoms with Crippen molar-refractivity contribution in [1.82, 2.24) is 14.6 Å². The lowest BCUT2D eigenvalue weighted by atomic mass is 10.1. The van der Waals surface area contributed by atoms with Gasteiger partial charge in [-0.3, -0.25) is 0 Å². The summed E-state index contributed by atoms with van der Waals surface area (Å²) >= 11 is 1.69. The van der Waals surface area contributed by atoms with Gasteiger partial charge in [-0.25, -0.2) is 4.98 Å². The van der Waals surface area contributed by atoms with Gasteiger partial charge in [0.1, 0.15) is 17.3 Å². The fourth-order valence-electron chi connectivity index (χ4n) is 3.33. The lowest BCUT2D eigenvalue weighted by Crippen LogP contribution is -2.11. The van der Waals surface area contributed by atoms with E-state index in [2.05, 4.69) is 36.7 Å². The Labute approximate surface area is 162 Å². The second kappa shape index (κ2) is 7.40. The molecule has 3 aromatic heterocycles. The highest BCUT2D eigenvalue weighted by Crippen LogP contribution is 2.28. The zero-order valence-electron chi connectivity index (χ0n) is 15.7. The minimum atomic E-state index is 0.657. The van der Waals surface area contributed by atoms with Crippen molar-refractivity contribution in [2.24, 2.45) is 0 Å². The molecule has 0 aliphatic rings. The highest BCUT2D eigenvalue weighted by Gasteiger charge is 2.15. The van der Waals surface area contributed by atoms with Gasteiger partial charge in [0.25, 0.3) is 0 Å². The fourth-order valence-corrected chi connectivity index (χ4v) is 4.01. The molecule has 0 fully saturated rings. The fraction of sp³-hybridized carbons (Fsp3) is 0.238. The van der Waals surface area contributed by atoms with Crippen LogP contribution >= 0.6 is 11.3 Å². The summed E-state index contributed by atoms with van der Waals surface area (Å²) in [7, 11) is 1.70. The minimum Gasteiger partial charge on any atom is -0.496 e. The second-order valence-corrected chi connectivity index (χ2v) is 7.27. The van der Waals surface area contributed by atoms with E-state index in [1.165, 1.54) is 5.56 Å². The first kappa shape index (κ1) is 17.5. The SMILES string of the molecule is CCc1c(C)nc2cc(-c3cccs3)nn2c1NCc1ccccc1OC. The normalized spacial score (nSPS) is 11.1. The van der Waals surface area contributed by atoms with E-state index < -0.39 is 0 Å². The van der Waals surface area contributed by atoms with Crippen LogP contribution in [0.5, 0.6) is 5.75 Å². The number of hydrogen-bond donors (Lipinski definition) is 1. The standard InChI is InChI=1S/C21H22N4OS/c1-4-16-14(2)23-20-12-17(19-10-7-11-27-19)24-25(20)21(16)22-13-15-8-5-6-9-18(15)26-3/h5-12,22H,4,13H2,1-3H3. The molecule has 4 aromatic rings. The van der Waals surface area contributed by atoms with Gasteiger partial charge >= 0.3 is 0 Å². The third-order valence-corrected chi connectivity index (χ3v) is 5.57. The number of ether oxygens (including phenoxy) is 1. The number of anilines is 1. The summed E-state index contributed by atoms with van der Waals surface area (Å²) in [5.74, 6) is 1.87. The van der Waals surface area contributed by atoms with Crippen LogP contribution in [0.15, 0.2) is 47.8 Å². The van der Waals surface area contributed by atoms with Crippen molar-refractivity contribution in [2.75, 3.05) is 12.4 Å². The summed E-state index contributed by atoms with van der Waals surface area (Å²) in [5, 5.41) is 10.5. The van der Waals surface area contributed by atoms with Crippen LogP contribution in [0.3, 0.4) is 0 Å². The van der Waals surface area contributed by atoms with Crippen molar-refractivity contribution in [3.63, 3.8) is 0 Å². The molecule has 0 saturated heterocycles. The van der Waals surface area contributed by atoms with E-state index in [4.69, 9.17) is 14.8 Å². The molecule has 0 spiro atoms. The van der Waals surface area contributed by atoms with Gasteiger partial charge in [-0.15, -0.1) is 11.3 Å². The summed E-state index contributed by atoms with van der Waals surface area (Å²) < 4.78 is 7.41. The largest absolute Gasteiger partial charge is 0.496 e. The number of methoxy groups -OCH3 is 1. The molecule has 6 heteroatoms. The van der Waals surface area contributed by atoms with E-state index in [0.29, 0.717) is 6.54 Å². The topological polar surface area (TPSA) is 51.5 Å². The van der Waals surface area contributed by atoms with Crippen LogP contribution in [0, 0.1) is 6.92 Å². The molecule has 0 bridgehead atoms. The Morgan fingerprint density at radius 2 is 2.04 bits per heavy atom. The molecule has 138 valence electrons. The number of nitrogens with one attached hydrogen (secondary N) is 1. The van der Waals surface area contributed by atoms with Gasteiger partial charge in [0.15, 0.2) is 5.65 Å². The molecule has 0 amide bonds. The maximum atomic E-state index is 5.48. The smallest absolute Gasteiger partial charge is 0.158 e. The van der Waals surface area contributed by atoms with Crippen LogP contribution in [0.4, 0.5) is 5.82 Å². The summed E-state index contributed by atoms with van der Waals surface area (Å²) in [5.41, 5.74) is 5.12. The monoisotopic (exact) mass is 378 g/mol. The predicted molar refractivity (Wildman–Crippen MR) is 111 cm³/mol. The molecule has 5 nitrogen and oxygen atoms in total. The van der Waals surface area contributed by atoms with Crippen molar-refractivity contribution < 1.29 is 4.74 Å². The first-order valence-corrected chi connectivity index (χ1v) is 9.88. The number of aromatic nitrogens is 3. The molecule has 0 aliphatic heterocycles. The van der Waals surface area contributed by atoms with Gasteiger partial charge < -0.3 is 10.1 Å². The van der Waals surface area contributed by atoms with E-state index in [0.717, 1.165) is 45.5 Å². The van der Waals surface area contributed by atoms with E-state index in [9.17, 15) is 0 Å². The Bertz CT molecular complexity index is 1070. The zero-order valence-corrected chi connectivity index (χ0v) is 16.5. The number of hydrogen-bond acceptors (Lipinski definition) is 5. The molecule has 0 aliphatic carbocycles. The van der Waals surface area contributed by atoms with E-state index >= 15 is 0 Å². The Balaban J connectivity index is 1.77. The maximum absolute atomic E-state index is 5.48.